The highest BCUT2D eigenvalue weighted by Gasteiger charge is 2.31. The summed E-state index contributed by atoms with van der Waals surface area (Å²) in [5, 5.41) is 24.2. The van der Waals surface area contributed by atoms with Gasteiger partial charge in [0.2, 0.25) is 0 Å². The molecule has 240 valence electrons. The van der Waals surface area contributed by atoms with Gasteiger partial charge in [-0.05, 0) is 63.8 Å². The van der Waals surface area contributed by atoms with Crippen LogP contribution in [0.5, 0.6) is 0 Å². The maximum Gasteiger partial charge on any atom is 0.407 e. The Labute approximate surface area is 271 Å². The fourth-order valence-corrected chi connectivity index (χ4v) is 6.61. The van der Waals surface area contributed by atoms with Gasteiger partial charge in [-0.25, -0.2) is 19.2 Å². The van der Waals surface area contributed by atoms with E-state index < -0.39 is 36.2 Å². The van der Waals surface area contributed by atoms with E-state index in [-0.39, 0.29) is 44.3 Å². The molecule has 0 heterocycles. The van der Waals surface area contributed by atoms with E-state index >= 15 is 0 Å². The van der Waals surface area contributed by atoms with E-state index in [0.29, 0.717) is 0 Å². The van der Waals surface area contributed by atoms with Crippen LogP contribution in [0.1, 0.15) is 53.4 Å². The normalized spacial score (nSPS) is 14.1. The van der Waals surface area contributed by atoms with E-state index in [4.69, 9.17) is 9.47 Å². The van der Waals surface area contributed by atoms with E-state index in [1.54, 1.807) is 0 Å². The molecule has 0 aromatic heterocycles. The Hall–Kier alpha value is -5.64. The molecule has 2 amide bonds. The van der Waals surface area contributed by atoms with E-state index in [0.717, 1.165) is 44.5 Å². The second-order valence-corrected chi connectivity index (χ2v) is 11.7. The average Bonchev–Trinajstić information content (AvgIpc) is 3.57. The number of hydrogen-bond acceptors (Lipinski definition) is 6. The van der Waals surface area contributed by atoms with Gasteiger partial charge in [-0.3, -0.25) is 0 Å². The third kappa shape index (κ3) is 6.67. The first-order chi connectivity index (χ1) is 22.8. The maximum absolute atomic E-state index is 12.7. The molecule has 0 aliphatic heterocycles. The Bertz CT molecular complexity index is 1600. The second-order valence-electron chi connectivity index (χ2n) is 11.7. The maximum atomic E-state index is 12.7. The first kappa shape index (κ1) is 31.3. The van der Waals surface area contributed by atoms with Gasteiger partial charge < -0.3 is 30.3 Å². The van der Waals surface area contributed by atoms with E-state index in [9.17, 15) is 29.4 Å². The molecule has 4 N–H and O–H groups in total. The van der Waals surface area contributed by atoms with Crippen molar-refractivity contribution >= 4 is 24.1 Å². The van der Waals surface area contributed by atoms with Crippen LogP contribution in [0.25, 0.3) is 22.3 Å². The SMILES string of the molecule is O=C(N[C@@H](CCC[C@H](NC(=O)OCC1c2ccccc2-c2ccccc21)C(=O)O)C(=O)O)OCC1c2ccccc2-c2ccccc21. The average molecular weight is 635 g/mol. The van der Waals surface area contributed by atoms with Crippen LogP contribution in [-0.4, -0.2) is 59.6 Å². The molecule has 4 aromatic rings. The van der Waals surface area contributed by atoms with E-state index in [2.05, 4.69) is 10.6 Å². The molecule has 0 fully saturated rings. The molecular weight excluding hydrogens is 600 g/mol. The molecule has 2 atom stereocenters. The van der Waals surface area contributed by atoms with Gasteiger partial charge in [0.1, 0.15) is 25.3 Å². The van der Waals surface area contributed by atoms with Crippen molar-refractivity contribution in [1.82, 2.24) is 10.6 Å². The molecule has 47 heavy (non-hydrogen) atoms. The summed E-state index contributed by atoms with van der Waals surface area (Å²) < 4.78 is 10.9. The molecule has 0 radical (unpaired) electrons. The van der Waals surface area contributed by atoms with Crippen LogP contribution in [-0.2, 0) is 19.1 Å². The summed E-state index contributed by atoms with van der Waals surface area (Å²) in [4.78, 5) is 49.2. The van der Waals surface area contributed by atoms with Crippen LogP contribution in [0.4, 0.5) is 9.59 Å². The highest BCUT2D eigenvalue weighted by molar-refractivity contribution is 5.82. The van der Waals surface area contributed by atoms with Crippen molar-refractivity contribution in [2.24, 2.45) is 0 Å². The lowest BCUT2D eigenvalue weighted by Gasteiger charge is -2.19. The molecular formula is C37H34N2O8. The van der Waals surface area contributed by atoms with E-state index in [1.165, 1.54) is 0 Å². The minimum absolute atomic E-state index is 0.0251. The number of carboxylic acid groups (broad SMARTS) is 2. The molecule has 0 unspecified atom stereocenters. The third-order valence-electron chi connectivity index (χ3n) is 8.85. The first-order valence-corrected chi connectivity index (χ1v) is 15.5. The topological polar surface area (TPSA) is 151 Å². The predicted molar refractivity (Wildman–Crippen MR) is 173 cm³/mol. The lowest BCUT2D eigenvalue weighted by atomic mass is 9.98. The summed E-state index contributed by atoms with van der Waals surface area (Å²) in [5.41, 5.74) is 8.39. The summed E-state index contributed by atoms with van der Waals surface area (Å²) >= 11 is 0. The fourth-order valence-electron chi connectivity index (χ4n) is 6.61. The van der Waals surface area contributed by atoms with Gasteiger partial charge in [0.25, 0.3) is 0 Å². The second kappa shape index (κ2) is 13.8. The number of rotatable bonds is 12. The highest BCUT2D eigenvalue weighted by Crippen LogP contribution is 2.45. The minimum atomic E-state index is -1.31. The number of amides is 2. The monoisotopic (exact) mass is 634 g/mol. The number of fused-ring (bicyclic) bond motifs is 6. The predicted octanol–water partition coefficient (Wildman–Crippen LogP) is 6.14. The van der Waals surface area contributed by atoms with Gasteiger partial charge in [-0.2, -0.15) is 0 Å². The molecule has 10 nitrogen and oxygen atoms in total. The van der Waals surface area contributed by atoms with Crippen LogP contribution < -0.4 is 10.6 Å². The zero-order chi connectivity index (χ0) is 32.9. The molecule has 0 saturated carbocycles. The Morgan fingerprint density at radius 1 is 0.532 bits per heavy atom. The number of alkyl carbamates (subject to hydrolysis) is 2. The van der Waals surface area contributed by atoms with E-state index in [1.807, 2.05) is 97.1 Å². The number of nitrogens with one attached hydrogen (secondary N) is 2. The molecule has 0 bridgehead atoms. The van der Waals surface area contributed by atoms with Crippen LogP contribution >= 0.6 is 0 Å². The molecule has 4 aromatic carbocycles. The van der Waals surface area contributed by atoms with Crippen molar-refractivity contribution in [3.8, 4) is 22.3 Å². The van der Waals surface area contributed by atoms with Gasteiger partial charge in [0.05, 0.1) is 0 Å². The lowest BCUT2D eigenvalue weighted by molar-refractivity contribution is -0.139. The van der Waals surface area contributed by atoms with Crippen LogP contribution in [0.15, 0.2) is 97.1 Å². The number of ether oxygens (including phenoxy) is 2. The highest BCUT2D eigenvalue weighted by atomic mass is 16.6. The number of hydrogen-bond donors (Lipinski definition) is 4. The first-order valence-electron chi connectivity index (χ1n) is 15.5. The summed E-state index contributed by atoms with van der Waals surface area (Å²) in [6, 6.07) is 28.9. The van der Waals surface area contributed by atoms with Crippen molar-refractivity contribution < 1.29 is 38.9 Å². The van der Waals surface area contributed by atoms with Gasteiger partial charge in [-0.1, -0.05) is 97.1 Å². The number of carboxylic acids is 2. The minimum Gasteiger partial charge on any atom is -0.480 e. The zero-order valence-electron chi connectivity index (χ0n) is 25.4. The quantitative estimate of drug-likeness (QED) is 0.145. The van der Waals surface area contributed by atoms with Gasteiger partial charge in [0.15, 0.2) is 0 Å². The van der Waals surface area contributed by atoms with Crippen molar-refractivity contribution in [1.29, 1.82) is 0 Å². The van der Waals surface area contributed by atoms with Crippen molar-refractivity contribution in [2.45, 2.75) is 43.2 Å². The molecule has 2 aliphatic rings. The molecule has 2 aliphatic carbocycles. The molecule has 0 spiro atoms. The third-order valence-corrected chi connectivity index (χ3v) is 8.85. The van der Waals surface area contributed by atoms with Gasteiger partial charge in [0, 0.05) is 11.8 Å². The smallest absolute Gasteiger partial charge is 0.407 e. The van der Waals surface area contributed by atoms with Crippen LogP contribution in [0.2, 0.25) is 0 Å². The molecule has 6 rings (SSSR count). The number of aliphatic carboxylic acids is 2. The van der Waals surface area contributed by atoms with Crippen LogP contribution in [0, 0.1) is 0 Å². The zero-order valence-corrected chi connectivity index (χ0v) is 25.4. The van der Waals surface area contributed by atoms with Gasteiger partial charge in [-0.15, -0.1) is 0 Å². The van der Waals surface area contributed by atoms with Crippen molar-refractivity contribution in [3.63, 3.8) is 0 Å². The molecule has 0 saturated heterocycles. The Morgan fingerprint density at radius 3 is 1.13 bits per heavy atom. The summed E-state index contributed by atoms with van der Waals surface area (Å²) in [6.45, 7) is 0.0503. The Kier molecular flexibility index (Phi) is 9.19. The lowest BCUT2D eigenvalue weighted by Crippen LogP contribution is -2.43. The number of carbonyl (C=O) groups is 4. The molecule has 10 heteroatoms. The van der Waals surface area contributed by atoms with Crippen molar-refractivity contribution in [2.75, 3.05) is 13.2 Å². The summed E-state index contributed by atoms with van der Waals surface area (Å²) in [6.07, 6.45) is -1.83. The fraction of sp³-hybridized carbons (Fsp3) is 0.243. The van der Waals surface area contributed by atoms with Crippen molar-refractivity contribution in [3.05, 3.63) is 119 Å². The largest absolute Gasteiger partial charge is 0.480 e. The Morgan fingerprint density at radius 2 is 0.830 bits per heavy atom. The van der Waals surface area contributed by atoms with Crippen LogP contribution in [0.3, 0.4) is 0 Å². The summed E-state index contributed by atoms with van der Waals surface area (Å²) in [5.74, 6) is -2.93. The number of carbonyl (C=O) groups excluding carboxylic acids is 2. The number of benzene rings is 4. The summed E-state index contributed by atoms with van der Waals surface area (Å²) in [7, 11) is 0. The Balaban J connectivity index is 0.987. The standard InChI is InChI=1S/C37H34N2O8/c40-34(41)32(38-36(44)46-20-30-26-14-5-1-10-22(26)23-11-2-6-15-27(23)30)18-9-19-33(35(42)43)39-37(45)47-21-31-28-16-7-3-12-24(28)25-13-4-8-17-29(25)31/h1-8,10-17,30-33H,9,18-21H2,(H,38,44)(H,39,45)(H,40,41)(H,42,43)/t32-,33-/m0/s1. The van der Waals surface area contributed by atoms with Gasteiger partial charge >= 0.3 is 24.1 Å².